The molecule has 0 amide bonds. The third kappa shape index (κ3) is 2.09. The summed E-state index contributed by atoms with van der Waals surface area (Å²) in [5, 5.41) is 2.13. The molecule has 2 nitrogen and oxygen atoms in total. The van der Waals surface area contributed by atoms with Crippen LogP contribution in [0.3, 0.4) is 0 Å². The van der Waals surface area contributed by atoms with E-state index >= 15 is 0 Å². The number of halogens is 1. The number of hydrogen-bond acceptors (Lipinski definition) is 3. The third-order valence-corrected chi connectivity index (χ3v) is 4.83. The van der Waals surface area contributed by atoms with Gasteiger partial charge in [0.25, 0.3) is 0 Å². The highest BCUT2D eigenvalue weighted by atomic mass is 127. The van der Waals surface area contributed by atoms with Crippen LogP contribution in [-0.2, 0) is 6.42 Å². The van der Waals surface area contributed by atoms with Crippen LogP contribution in [0, 0.1) is 2.88 Å². The molecule has 1 aliphatic heterocycles. The summed E-state index contributed by atoms with van der Waals surface area (Å²) in [5.74, 6) is 1.00. The molecule has 0 saturated carbocycles. The monoisotopic (exact) mass is 357 g/mol. The molecule has 0 radical (unpaired) electrons. The molecule has 0 fully saturated rings. The second-order valence-corrected chi connectivity index (χ2v) is 6.90. The van der Waals surface area contributed by atoms with Crippen LogP contribution in [0.5, 0.6) is 5.75 Å². The lowest BCUT2D eigenvalue weighted by molar-refractivity contribution is 0.352. The van der Waals surface area contributed by atoms with E-state index < -0.39 is 0 Å². The normalized spacial score (nSPS) is 15.4. The molecule has 17 heavy (non-hydrogen) atoms. The van der Waals surface area contributed by atoms with Gasteiger partial charge in [-0.2, -0.15) is 0 Å². The summed E-state index contributed by atoms with van der Waals surface area (Å²) in [5.41, 5.74) is 9.88. The maximum absolute atomic E-state index is 6.33. The van der Waals surface area contributed by atoms with Crippen LogP contribution in [-0.4, -0.2) is 6.61 Å². The Balaban J connectivity index is 2.02. The SMILES string of the molecule is NC(c1csc(I)c1)c1cccc2c1OCC2. The summed E-state index contributed by atoms with van der Waals surface area (Å²) in [4.78, 5) is 0. The van der Waals surface area contributed by atoms with E-state index in [4.69, 9.17) is 10.5 Å². The molecule has 1 atom stereocenters. The molecule has 1 unspecified atom stereocenters. The van der Waals surface area contributed by atoms with Crippen molar-refractivity contribution in [1.29, 1.82) is 0 Å². The second kappa shape index (κ2) is 4.59. The van der Waals surface area contributed by atoms with Gasteiger partial charge in [-0.05, 0) is 45.2 Å². The summed E-state index contributed by atoms with van der Waals surface area (Å²) >= 11 is 4.05. The van der Waals surface area contributed by atoms with Crippen LogP contribution in [0.2, 0.25) is 0 Å². The molecule has 3 rings (SSSR count). The highest BCUT2D eigenvalue weighted by molar-refractivity contribution is 14.1. The van der Waals surface area contributed by atoms with Gasteiger partial charge in [0, 0.05) is 12.0 Å². The average molecular weight is 357 g/mol. The molecule has 4 heteroatoms. The van der Waals surface area contributed by atoms with E-state index in [1.807, 2.05) is 0 Å². The van der Waals surface area contributed by atoms with Gasteiger partial charge in [0.15, 0.2) is 0 Å². The minimum atomic E-state index is -0.0807. The molecule has 2 N–H and O–H groups in total. The quantitative estimate of drug-likeness (QED) is 0.837. The summed E-state index contributed by atoms with van der Waals surface area (Å²) in [7, 11) is 0. The molecule has 2 heterocycles. The smallest absolute Gasteiger partial charge is 0.127 e. The Morgan fingerprint density at radius 2 is 2.29 bits per heavy atom. The Morgan fingerprint density at radius 3 is 3.06 bits per heavy atom. The molecule has 1 aromatic heterocycles. The van der Waals surface area contributed by atoms with Crippen LogP contribution >= 0.6 is 33.9 Å². The number of hydrogen-bond donors (Lipinski definition) is 1. The van der Waals surface area contributed by atoms with Gasteiger partial charge in [-0.25, -0.2) is 0 Å². The lowest BCUT2D eigenvalue weighted by Crippen LogP contribution is -2.12. The standard InChI is InChI=1S/C13H12INOS/c14-11-6-9(7-17-11)12(15)10-3-1-2-8-4-5-16-13(8)10/h1-3,6-7,12H,4-5,15H2. The zero-order valence-electron chi connectivity index (χ0n) is 9.15. The average Bonchev–Trinajstić information content (AvgIpc) is 2.95. The molecule has 2 aromatic rings. The van der Waals surface area contributed by atoms with Gasteiger partial charge in [-0.3, -0.25) is 0 Å². The topological polar surface area (TPSA) is 35.2 Å². The molecular weight excluding hydrogens is 345 g/mol. The van der Waals surface area contributed by atoms with Gasteiger partial charge in [0.05, 0.1) is 15.5 Å². The van der Waals surface area contributed by atoms with Crippen molar-refractivity contribution in [3.05, 3.63) is 49.2 Å². The summed E-state index contributed by atoms with van der Waals surface area (Å²) in [6.07, 6.45) is 0.997. The zero-order chi connectivity index (χ0) is 11.8. The van der Waals surface area contributed by atoms with Crippen molar-refractivity contribution < 1.29 is 4.74 Å². The van der Waals surface area contributed by atoms with E-state index in [2.05, 4.69) is 52.2 Å². The minimum absolute atomic E-state index is 0.0807. The maximum atomic E-state index is 6.33. The summed E-state index contributed by atoms with van der Waals surface area (Å²) in [6, 6.07) is 8.32. The Labute approximate surface area is 118 Å². The molecule has 0 aliphatic carbocycles. The van der Waals surface area contributed by atoms with Crippen molar-refractivity contribution in [1.82, 2.24) is 0 Å². The fourth-order valence-electron chi connectivity index (χ4n) is 2.15. The van der Waals surface area contributed by atoms with E-state index in [-0.39, 0.29) is 6.04 Å². The van der Waals surface area contributed by atoms with Gasteiger partial charge in [0.2, 0.25) is 0 Å². The van der Waals surface area contributed by atoms with Crippen molar-refractivity contribution in [2.75, 3.05) is 6.61 Å². The number of benzene rings is 1. The summed E-state index contributed by atoms with van der Waals surface area (Å²) < 4.78 is 6.97. The third-order valence-electron chi connectivity index (χ3n) is 3.03. The highest BCUT2D eigenvalue weighted by Gasteiger charge is 2.21. The van der Waals surface area contributed by atoms with Crippen LogP contribution in [0.4, 0.5) is 0 Å². The lowest BCUT2D eigenvalue weighted by Gasteiger charge is -2.14. The van der Waals surface area contributed by atoms with Gasteiger partial charge < -0.3 is 10.5 Å². The number of rotatable bonds is 2. The molecule has 0 saturated heterocycles. The first-order valence-electron chi connectivity index (χ1n) is 5.50. The fraction of sp³-hybridized carbons (Fsp3) is 0.231. The first-order valence-corrected chi connectivity index (χ1v) is 7.45. The molecule has 0 bridgehead atoms. The first-order chi connectivity index (χ1) is 8.25. The minimum Gasteiger partial charge on any atom is -0.493 e. The van der Waals surface area contributed by atoms with Gasteiger partial charge in [0.1, 0.15) is 5.75 Å². The van der Waals surface area contributed by atoms with Gasteiger partial charge >= 0.3 is 0 Å². The van der Waals surface area contributed by atoms with Crippen LogP contribution in [0.15, 0.2) is 29.6 Å². The highest BCUT2D eigenvalue weighted by Crippen LogP contribution is 2.36. The maximum Gasteiger partial charge on any atom is 0.127 e. The Morgan fingerprint density at radius 1 is 1.41 bits per heavy atom. The number of fused-ring (bicyclic) bond motifs is 1. The predicted octanol–water partition coefficient (Wildman–Crippen LogP) is 3.34. The van der Waals surface area contributed by atoms with Gasteiger partial charge in [-0.15, -0.1) is 11.3 Å². The number of para-hydroxylation sites is 1. The van der Waals surface area contributed by atoms with E-state index in [1.165, 1.54) is 14.0 Å². The van der Waals surface area contributed by atoms with Crippen LogP contribution < -0.4 is 10.5 Å². The lowest BCUT2D eigenvalue weighted by atomic mass is 9.98. The Kier molecular flexibility index (Phi) is 3.10. The number of ether oxygens (including phenoxy) is 1. The number of thiophene rings is 1. The van der Waals surface area contributed by atoms with E-state index in [1.54, 1.807) is 11.3 Å². The first kappa shape index (κ1) is 11.5. The van der Waals surface area contributed by atoms with Crippen LogP contribution in [0.1, 0.15) is 22.7 Å². The molecular formula is C13H12INOS. The van der Waals surface area contributed by atoms with Crippen molar-refractivity contribution in [3.8, 4) is 5.75 Å². The van der Waals surface area contributed by atoms with E-state index in [9.17, 15) is 0 Å². The zero-order valence-corrected chi connectivity index (χ0v) is 12.1. The summed E-state index contributed by atoms with van der Waals surface area (Å²) in [6.45, 7) is 0.778. The fourth-order valence-corrected chi connectivity index (χ4v) is 3.56. The van der Waals surface area contributed by atoms with Gasteiger partial charge in [-0.1, -0.05) is 18.2 Å². The van der Waals surface area contributed by atoms with Crippen molar-refractivity contribution in [2.45, 2.75) is 12.5 Å². The van der Waals surface area contributed by atoms with E-state index in [0.29, 0.717) is 0 Å². The van der Waals surface area contributed by atoms with Crippen molar-refractivity contribution in [3.63, 3.8) is 0 Å². The van der Waals surface area contributed by atoms with Crippen molar-refractivity contribution >= 4 is 33.9 Å². The molecule has 1 aliphatic rings. The second-order valence-electron chi connectivity index (χ2n) is 4.10. The van der Waals surface area contributed by atoms with Crippen LogP contribution in [0.25, 0.3) is 0 Å². The Hall–Kier alpha value is -0.590. The predicted molar refractivity (Wildman–Crippen MR) is 78.7 cm³/mol. The number of nitrogens with two attached hydrogens (primary N) is 1. The molecule has 1 aromatic carbocycles. The van der Waals surface area contributed by atoms with E-state index in [0.717, 1.165) is 24.3 Å². The molecule has 0 spiro atoms. The molecule has 88 valence electrons. The van der Waals surface area contributed by atoms with Crippen molar-refractivity contribution in [2.24, 2.45) is 5.73 Å². The largest absolute Gasteiger partial charge is 0.493 e. The Bertz CT molecular complexity index is 552.